The van der Waals surface area contributed by atoms with Crippen molar-refractivity contribution in [1.29, 1.82) is 0 Å². The van der Waals surface area contributed by atoms with Gasteiger partial charge in [0.2, 0.25) is 0 Å². The monoisotopic (exact) mass is 614 g/mol. The van der Waals surface area contributed by atoms with E-state index >= 15 is 0 Å². The van der Waals surface area contributed by atoms with Crippen LogP contribution in [0.2, 0.25) is 0 Å². The highest BCUT2D eigenvalue weighted by Crippen LogP contribution is 2.38. The van der Waals surface area contributed by atoms with Crippen LogP contribution in [0.1, 0.15) is 0 Å². The van der Waals surface area contributed by atoms with Crippen molar-refractivity contribution in [3.63, 3.8) is 0 Å². The zero-order valence-corrected chi connectivity index (χ0v) is 26.1. The van der Waals surface area contributed by atoms with Crippen LogP contribution in [-0.4, -0.2) is 19.9 Å². The minimum absolute atomic E-state index is 0.850. The van der Waals surface area contributed by atoms with Gasteiger partial charge in [-0.2, -0.15) is 0 Å². The summed E-state index contributed by atoms with van der Waals surface area (Å²) in [5.74, 6) is 1.70. The Bertz CT molecular complexity index is 2350. The van der Waals surface area contributed by atoms with Gasteiger partial charge >= 0.3 is 0 Å². The van der Waals surface area contributed by atoms with Gasteiger partial charge in [0.25, 0.3) is 0 Å². The molecule has 0 unspecified atom stereocenters. The van der Waals surface area contributed by atoms with Gasteiger partial charge in [0.1, 0.15) is 11.6 Å². The van der Waals surface area contributed by atoms with Gasteiger partial charge in [-0.1, -0.05) is 170 Å². The Hall–Kier alpha value is -6.52. The zero-order chi connectivity index (χ0) is 31.9. The predicted octanol–water partition coefficient (Wildman–Crippen LogP) is 11.4. The Balaban J connectivity index is 1.17. The Morgan fingerprint density at radius 3 is 1.12 bits per heavy atom. The SMILES string of the molecule is c1ccc(-c2[nH]c(-c3cccc4ccccc34)nc2-c2ccc(-c3nc(-c4cccc5ccccc45)[nH]c3-c3ccccc3)cc2)cc1. The lowest BCUT2D eigenvalue weighted by atomic mass is 10.0. The van der Waals surface area contributed by atoms with Crippen LogP contribution in [0.5, 0.6) is 0 Å². The standard InChI is InChI=1S/C44H30N4/c1-3-15-31(16-4-1)39-41(47-43(45-39)37-23-11-19-29-13-7-9-21-35(29)37)33-25-27-34(28-26-33)42-40(32-17-5-2-6-18-32)46-44(48-42)38-24-12-20-30-14-8-10-22-36(30)38/h1-28H,(H,45,47)(H,46,48). The molecule has 2 N–H and O–H groups in total. The van der Waals surface area contributed by atoms with Gasteiger partial charge in [0.15, 0.2) is 0 Å². The summed E-state index contributed by atoms with van der Waals surface area (Å²) < 4.78 is 0. The predicted molar refractivity (Wildman–Crippen MR) is 198 cm³/mol. The molecule has 0 atom stereocenters. The van der Waals surface area contributed by atoms with Crippen LogP contribution in [0.3, 0.4) is 0 Å². The molecule has 0 bridgehead atoms. The van der Waals surface area contributed by atoms with Crippen LogP contribution in [0, 0.1) is 0 Å². The number of benzene rings is 7. The molecule has 48 heavy (non-hydrogen) atoms. The molecule has 0 saturated heterocycles. The number of aromatic amines is 2. The minimum atomic E-state index is 0.850. The summed E-state index contributed by atoms with van der Waals surface area (Å²) in [6.45, 7) is 0. The number of fused-ring (bicyclic) bond motifs is 2. The number of nitrogens with zero attached hydrogens (tertiary/aromatic N) is 2. The minimum Gasteiger partial charge on any atom is -0.337 e. The van der Waals surface area contributed by atoms with Crippen molar-refractivity contribution >= 4 is 21.5 Å². The summed E-state index contributed by atoms with van der Waals surface area (Å²) in [4.78, 5) is 17.9. The molecule has 226 valence electrons. The Morgan fingerprint density at radius 2 is 0.688 bits per heavy atom. The lowest BCUT2D eigenvalue weighted by molar-refractivity contribution is 1.31. The molecule has 9 aromatic rings. The molecule has 0 aliphatic rings. The average Bonchev–Trinajstić information content (AvgIpc) is 3.81. The number of H-pyrrole nitrogens is 2. The third kappa shape index (κ3) is 4.88. The molecule has 0 spiro atoms. The first kappa shape index (κ1) is 27.8. The highest BCUT2D eigenvalue weighted by molar-refractivity contribution is 5.97. The maximum absolute atomic E-state index is 5.24. The van der Waals surface area contributed by atoms with E-state index in [0.29, 0.717) is 0 Å². The quantitative estimate of drug-likeness (QED) is 0.196. The summed E-state index contributed by atoms with van der Waals surface area (Å²) in [5.41, 5.74) is 10.2. The molecular weight excluding hydrogens is 585 g/mol. The summed E-state index contributed by atoms with van der Waals surface area (Å²) in [6.07, 6.45) is 0. The van der Waals surface area contributed by atoms with Crippen molar-refractivity contribution in [2.75, 3.05) is 0 Å². The average molecular weight is 615 g/mol. The maximum Gasteiger partial charge on any atom is 0.139 e. The molecule has 4 nitrogen and oxygen atoms in total. The van der Waals surface area contributed by atoms with Gasteiger partial charge in [-0.3, -0.25) is 0 Å². The lowest BCUT2D eigenvalue weighted by Gasteiger charge is -2.06. The van der Waals surface area contributed by atoms with E-state index in [-0.39, 0.29) is 0 Å². The van der Waals surface area contributed by atoms with Gasteiger partial charge in [-0.05, 0) is 21.5 Å². The van der Waals surface area contributed by atoms with Crippen molar-refractivity contribution in [3.8, 4) is 67.8 Å². The van der Waals surface area contributed by atoms with Gasteiger partial charge in [-0.15, -0.1) is 0 Å². The van der Waals surface area contributed by atoms with Crippen LogP contribution in [0.25, 0.3) is 89.4 Å². The lowest BCUT2D eigenvalue weighted by Crippen LogP contribution is -1.87. The van der Waals surface area contributed by atoms with E-state index in [1.54, 1.807) is 0 Å². The molecule has 2 heterocycles. The second-order valence-corrected chi connectivity index (χ2v) is 12.0. The molecule has 0 fully saturated rings. The van der Waals surface area contributed by atoms with Crippen molar-refractivity contribution in [3.05, 3.63) is 170 Å². The van der Waals surface area contributed by atoms with Gasteiger partial charge < -0.3 is 9.97 Å². The smallest absolute Gasteiger partial charge is 0.139 e. The number of hydrogen-bond donors (Lipinski definition) is 2. The van der Waals surface area contributed by atoms with Crippen LogP contribution >= 0.6 is 0 Å². The van der Waals surface area contributed by atoms with E-state index < -0.39 is 0 Å². The summed E-state index contributed by atoms with van der Waals surface area (Å²) in [6, 6.07) is 59.2. The number of imidazole rings is 2. The Morgan fingerprint density at radius 1 is 0.312 bits per heavy atom. The number of rotatable bonds is 6. The normalized spacial score (nSPS) is 11.3. The first-order chi connectivity index (χ1) is 23.8. The first-order valence-corrected chi connectivity index (χ1v) is 16.2. The molecule has 0 saturated carbocycles. The molecule has 7 aromatic carbocycles. The summed E-state index contributed by atoms with van der Waals surface area (Å²) >= 11 is 0. The van der Waals surface area contributed by atoms with Crippen LogP contribution < -0.4 is 0 Å². The highest BCUT2D eigenvalue weighted by atomic mass is 14.9. The molecular formula is C44H30N4. The largest absolute Gasteiger partial charge is 0.337 e. The summed E-state index contributed by atoms with van der Waals surface area (Å²) in [5, 5.41) is 4.72. The summed E-state index contributed by atoms with van der Waals surface area (Å²) in [7, 11) is 0. The molecule has 4 heteroatoms. The highest BCUT2D eigenvalue weighted by Gasteiger charge is 2.19. The molecule has 0 aliphatic carbocycles. The van der Waals surface area contributed by atoms with E-state index in [1.165, 1.54) is 21.5 Å². The fourth-order valence-electron chi connectivity index (χ4n) is 6.70. The molecule has 2 aromatic heterocycles. The van der Waals surface area contributed by atoms with Crippen LogP contribution in [-0.2, 0) is 0 Å². The fourth-order valence-corrected chi connectivity index (χ4v) is 6.70. The van der Waals surface area contributed by atoms with Crippen molar-refractivity contribution in [2.45, 2.75) is 0 Å². The molecule has 0 aliphatic heterocycles. The second kappa shape index (κ2) is 11.7. The molecule has 0 amide bonds. The van der Waals surface area contributed by atoms with E-state index in [2.05, 4.69) is 168 Å². The van der Waals surface area contributed by atoms with E-state index in [4.69, 9.17) is 9.97 Å². The first-order valence-electron chi connectivity index (χ1n) is 16.2. The zero-order valence-electron chi connectivity index (χ0n) is 26.1. The van der Waals surface area contributed by atoms with E-state index in [0.717, 1.165) is 67.8 Å². The Labute approximate surface area is 278 Å². The second-order valence-electron chi connectivity index (χ2n) is 12.0. The fraction of sp³-hybridized carbons (Fsp3) is 0. The third-order valence-electron chi connectivity index (χ3n) is 9.05. The maximum atomic E-state index is 5.24. The molecule has 9 rings (SSSR count). The van der Waals surface area contributed by atoms with Gasteiger partial charge in [0, 0.05) is 33.4 Å². The van der Waals surface area contributed by atoms with E-state index in [9.17, 15) is 0 Å². The molecule has 0 radical (unpaired) electrons. The van der Waals surface area contributed by atoms with Crippen molar-refractivity contribution < 1.29 is 0 Å². The topological polar surface area (TPSA) is 57.4 Å². The number of aromatic nitrogens is 4. The number of hydrogen-bond acceptors (Lipinski definition) is 2. The third-order valence-corrected chi connectivity index (χ3v) is 9.05. The number of nitrogens with one attached hydrogen (secondary N) is 2. The van der Waals surface area contributed by atoms with E-state index in [1.807, 2.05) is 12.1 Å². The van der Waals surface area contributed by atoms with Crippen LogP contribution in [0.4, 0.5) is 0 Å². The van der Waals surface area contributed by atoms with Crippen molar-refractivity contribution in [1.82, 2.24) is 19.9 Å². The Kier molecular flexibility index (Phi) is 6.76. The van der Waals surface area contributed by atoms with Crippen molar-refractivity contribution in [2.24, 2.45) is 0 Å². The van der Waals surface area contributed by atoms with Crippen LogP contribution in [0.15, 0.2) is 170 Å². The van der Waals surface area contributed by atoms with Gasteiger partial charge in [-0.25, -0.2) is 9.97 Å². The van der Waals surface area contributed by atoms with Gasteiger partial charge in [0.05, 0.1) is 22.8 Å².